The van der Waals surface area contributed by atoms with Crippen LogP contribution in [-0.2, 0) is 9.59 Å². The van der Waals surface area contributed by atoms with Gasteiger partial charge < -0.3 is 26.2 Å². The Kier molecular flexibility index (Phi) is 8.75. The van der Waals surface area contributed by atoms with Crippen molar-refractivity contribution in [1.29, 1.82) is 0 Å². The van der Waals surface area contributed by atoms with Gasteiger partial charge in [0.05, 0.1) is 12.2 Å². The van der Waals surface area contributed by atoms with Crippen LogP contribution in [-0.4, -0.2) is 60.4 Å². The normalized spacial score (nSPS) is 18.0. The summed E-state index contributed by atoms with van der Waals surface area (Å²) in [4.78, 5) is 54.2. The second kappa shape index (κ2) is 11.6. The second-order valence-corrected chi connectivity index (χ2v) is 10.0. The van der Waals surface area contributed by atoms with Gasteiger partial charge in [0.15, 0.2) is 0 Å². The van der Waals surface area contributed by atoms with E-state index in [9.17, 15) is 23.6 Å². The van der Waals surface area contributed by atoms with E-state index >= 15 is 0 Å². The van der Waals surface area contributed by atoms with Gasteiger partial charge in [-0.3, -0.25) is 19.2 Å². The molecule has 1 saturated heterocycles. The lowest BCUT2D eigenvalue weighted by Crippen LogP contribution is -2.53. The number of nitrogens with zero attached hydrogens (tertiary/aromatic N) is 2. The fourth-order valence-corrected chi connectivity index (χ4v) is 4.86. The van der Waals surface area contributed by atoms with E-state index in [2.05, 4.69) is 10.6 Å². The van der Waals surface area contributed by atoms with Gasteiger partial charge in [0.25, 0.3) is 5.91 Å². The molecule has 2 aromatic rings. The average molecular weight is 526 g/mol. The van der Waals surface area contributed by atoms with Crippen LogP contribution in [0, 0.1) is 18.7 Å². The van der Waals surface area contributed by atoms with E-state index in [1.165, 1.54) is 6.07 Å². The lowest BCUT2D eigenvalue weighted by molar-refractivity contribution is -0.131. The van der Waals surface area contributed by atoms with Gasteiger partial charge in [-0.05, 0) is 61.6 Å². The Bertz CT molecular complexity index is 1220. The van der Waals surface area contributed by atoms with Gasteiger partial charge in [-0.1, -0.05) is 32.9 Å². The summed E-state index contributed by atoms with van der Waals surface area (Å²) in [6.07, 6.45) is 0.807. The number of amides is 4. The minimum Gasteiger partial charge on any atom is -0.366 e. The molecule has 0 saturated carbocycles. The van der Waals surface area contributed by atoms with Crippen molar-refractivity contribution in [3.05, 3.63) is 65.0 Å². The van der Waals surface area contributed by atoms with Gasteiger partial charge in [-0.15, -0.1) is 0 Å². The van der Waals surface area contributed by atoms with E-state index in [4.69, 9.17) is 5.73 Å². The molecule has 1 fully saturated rings. The molecule has 2 unspecified atom stereocenters. The number of hydrogen-bond donors (Lipinski definition) is 3. The zero-order valence-corrected chi connectivity index (χ0v) is 22.5. The van der Waals surface area contributed by atoms with Crippen molar-refractivity contribution in [2.75, 3.05) is 25.2 Å². The van der Waals surface area contributed by atoms with Gasteiger partial charge in [0.2, 0.25) is 17.7 Å². The number of rotatable bonds is 10. The molecule has 0 radical (unpaired) electrons. The molecule has 0 spiro atoms. The van der Waals surface area contributed by atoms with E-state index < -0.39 is 35.1 Å². The van der Waals surface area contributed by atoms with Crippen LogP contribution in [0.1, 0.15) is 59.9 Å². The Morgan fingerprint density at radius 1 is 1.13 bits per heavy atom. The minimum atomic E-state index is -0.905. The first-order chi connectivity index (χ1) is 17.9. The number of anilines is 1. The highest BCUT2D eigenvalue weighted by Crippen LogP contribution is 2.36. The largest absolute Gasteiger partial charge is 0.366 e. The minimum absolute atomic E-state index is 0.0724. The number of benzene rings is 2. The van der Waals surface area contributed by atoms with Crippen LogP contribution in [0.2, 0.25) is 0 Å². The summed E-state index contributed by atoms with van der Waals surface area (Å²) in [5, 5.41) is 5.51. The maximum absolute atomic E-state index is 14.4. The third kappa shape index (κ3) is 5.64. The Morgan fingerprint density at radius 2 is 1.79 bits per heavy atom. The van der Waals surface area contributed by atoms with Crippen molar-refractivity contribution in [3.63, 3.8) is 0 Å². The maximum atomic E-state index is 14.4. The summed E-state index contributed by atoms with van der Waals surface area (Å²) < 4.78 is 14.4. The molecule has 0 aliphatic carbocycles. The van der Waals surface area contributed by atoms with E-state index in [-0.39, 0.29) is 23.9 Å². The van der Waals surface area contributed by atoms with Gasteiger partial charge >= 0.3 is 0 Å². The highest BCUT2D eigenvalue weighted by Gasteiger charge is 2.49. The number of carbonyl (C=O) groups is 4. The first-order valence-electron chi connectivity index (χ1n) is 12.7. The Morgan fingerprint density at radius 3 is 2.37 bits per heavy atom. The first-order valence-corrected chi connectivity index (χ1v) is 12.7. The number of hydrogen-bond acceptors (Lipinski definition) is 5. The quantitative estimate of drug-likeness (QED) is 0.440. The molecule has 9 nitrogen and oxygen atoms in total. The summed E-state index contributed by atoms with van der Waals surface area (Å²) in [5.74, 6) is -2.56. The molecule has 0 bridgehead atoms. The second-order valence-electron chi connectivity index (χ2n) is 10.0. The number of likely N-dealkylation sites (N-methyl/N-ethyl adjacent to an activating group) is 1. The van der Waals surface area contributed by atoms with Crippen LogP contribution >= 0.6 is 0 Å². The molecule has 4 amide bonds. The van der Waals surface area contributed by atoms with Crippen LogP contribution in [0.4, 0.5) is 10.1 Å². The van der Waals surface area contributed by atoms with Gasteiger partial charge in [-0.25, -0.2) is 4.39 Å². The third-order valence-electron chi connectivity index (χ3n) is 7.17. The molecule has 4 N–H and O–H groups in total. The molecule has 38 heavy (non-hydrogen) atoms. The fraction of sp³-hybridized carbons (Fsp3) is 0.429. The van der Waals surface area contributed by atoms with Crippen molar-refractivity contribution < 1.29 is 23.6 Å². The topological polar surface area (TPSA) is 125 Å². The standard InChI is InChI=1S/C28H36FN5O4/c1-6-28(27(38)33(5)16-34(28)20-12-10-19(11-13-20)24(30)35)14-15-31-26(37)23(17(2)3)32-25(36)21-9-7-8-18(4)22(21)29/h7-13,17,23H,6,14-16H2,1-5H3,(H2,30,35)(H,31,37)(H,32,36). The molecule has 2 aromatic carbocycles. The van der Waals surface area contributed by atoms with Crippen LogP contribution < -0.4 is 21.3 Å². The number of aryl methyl sites for hydroxylation is 1. The number of primary amides is 1. The Hall–Kier alpha value is -3.95. The Labute approximate surface area is 222 Å². The molecular weight excluding hydrogens is 489 g/mol. The van der Waals surface area contributed by atoms with E-state index in [0.29, 0.717) is 30.6 Å². The highest BCUT2D eigenvalue weighted by atomic mass is 19.1. The van der Waals surface area contributed by atoms with E-state index in [0.717, 1.165) is 5.69 Å². The molecule has 1 aliphatic heterocycles. The summed E-state index contributed by atoms with van der Waals surface area (Å²) in [6.45, 7) is 7.59. The van der Waals surface area contributed by atoms with Gasteiger partial charge in [0.1, 0.15) is 17.4 Å². The summed E-state index contributed by atoms with van der Waals surface area (Å²) in [6, 6.07) is 10.4. The number of carbonyl (C=O) groups excluding carboxylic acids is 4. The molecule has 2 atom stereocenters. The first kappa shape index (κ1) is 28.6. The summed E-state index contributed by atoms with van der Waals surface area (Å²) >= 11 is 0. The van der Waals surface area contributed by atoms with E-state index in [1.807, 2.05) is 11.8 Å². The van der Waals surface area contributed by atoms with Gasteiger partial charge in [-0.2, -0.15) is 0 Å². The van der Waals surface area contributed by atoms with Crippen LogP contribution in [0.3, 0.4) is 0 Å². The van der Waals surface area contributed by atoms with Crippen molar-refractivity contribution in [2.45, 2.75) is 52.1 Å². The smallest absolute Gasteiger partial charge is 0.254 e. The molecule has 204 valence electrons. The monoisotopic (exact) mass is 525 g/mol. The van der Waals surface area contributed by atoms with Gasteiger partial charge in [0, 0.05) is 24.8 Å². The predicted octanol–water partition coefficient (Wildman–Crippen LogP) is 2.58. The lowest BCUT2D eigenvalue weighted by atomic mass is 9.89. The predicted molar refractivity (Wildman–Crippen MR) is 143 cm³/mol. The molecular formula is C28H36FN5O4. The highest BCUT2D eigenvalue weighted by molar-refractivity contribution is 5.98. The van der Waals surface area contributed by atoms with Crippen molar-refractivity contribution in [3.8, 4) is 0 Å². The molecule has 3 rings (SSSR count). The molecule has 1 aliphatic rings. The average Bonchev–Trinajstić information content (AvgIpc) is 3.13. The number of nitrogens with two attached hydrogens (primary N) is 1. The third-order valence-corrected chi connectivity index (χ3v) is 7.17. The van der Waals surface area contributed by atoms with Crippen molar-refractivity contribution >= 4 is 29.3 Å². The summed E-state index contributed by atoms with van der Waals surface area (Å²) in [5.41, 5.74) is 5.80. The van der Waals surface area contributed by atoms with Crippen LogP contribution in [0.25, 0.3) is 0 Å². The number of halogens is 1. The van der Waals surface area contributed by atoms with E-state index in [1.54, 1.807) is 69.1 Å². The lowest BCUT2D eigenvalue weighted by Gasteiger charge is -2.36. The molecule has 1 heterocycles. The maximum Gasteiger partial charge on any atom is 0.254 e. The zero-order chi connectivity index (χ0) is 28.2. The fourth-order valence-electron chi connectivity index (χ4n) is 4.86. The molecule has 0 aromatic heterocycles. The Balaban J connectivity index is 1.73. The van der Waals surface area contributed by atoms with Crippen LogP contribution in [0.5, 0.6) is 0 Å². The summed E-state index contributed by atoms with van der Waals surface area (Å²) in [7, 11) is 1.72. The molecule has 10 heteroatoms. The van der Waals surface area contributed by atoms with Crippen LogP contribution in [0.15, 0.2) is 42.5 Å². The zero-order valence-electron chi connectivity index (χ0n) is 22.5. The van der Waals surface area contributed by atoms with Crippen molar-refractivity contribution in [1.82, 2.24) is 15.5 Å². The number of nitrogens with one attached hydrogen (secondary N) is 2. The van der Waals surface area contributed by atoms with Crippen molar-refractivity contribution in [2.24, 2.45) is 11.7 Å². The SMILES string of the molecule is CCC1(CCNC(=O)C(NC(=O)c2cccc(C)c2F)C(C)C)C(=O)N(C)CN1c1ccc(C(N)=O)cc1.